The fourth-order valence-corrected chi connectivity index (χ4v) is 3.22. The number of fused-ring (bicyclic) bond motifs is 2. The van der Waals surface area contributed by atoms with Crippen molar-refractivity contribution in [2.24, 2.45) is 0 Å². The summed E-state index contributed by atoms with van der Waals surface area (Å²) in [4.78, 5) is 0. The Morgan fingerprint density at radius 3 is 1.45 bits per heavy atom. The minimum Gasteiger partial charge on any atom is -0.0616 e. The third-order valence-corrected chi connectivity index (χ3v) is 4.28. The van der Waals surface area contributed by atoms with Crippen molar-refractivity contribution in [2.45, 2.75) is 13.8 Å². The molecule has 0 aromatic heterocycles. The van der Waals surface area contributed by atoms with Gasteiger partial charge < -0.3 is 0 Å². The van der Waals surface area contributed by atoms with Crippen molar-refractivity contribution >= 4 is 21.5 Å². The van der Waals surface area contributed by atoms with Gasteiger partial charge in [0.05, 0.1) is 0 Å². The van der Waals surface area contributed by atoms with Crippen molar-refractivity contribution in [3.63, 3.8) is 0 Å². The number of rotatable bonds is 1. The lowest BCUT2D eigenvalue weighted by atomic mass is 9.88. The number of hydrogen-bond acceptors (Lipinski definition) is 0. The predicted octanol–water partition coefficient (Wildman–Crippen LogP) is 6.28. The van der Waals surface area contributed by atoms with Crippen LogP contribution in [0.2, 0.25) is 0 Å². The van der Waals surface area contributed by atoms with Crippen LogP contribution in [0.3, 0.4) is 0 Å². The normalized spacial score (nSPS) is 12.4. The number of hydrogen-bond donors (Lipinski definition) is 0. The van der Waals surface area contributed by atoms with E-state index in [1.54, 1.807) is 0 Å². The molecule has 0 N–H and O–H groups in total. The van der Waals surface area contributed by atoms with Crippen molar-refractivity contribution in [1.82, 2.24) is 0 Å². The van der Waals surface area contributed by atoms with Crippen LogP contribution in [0.4, 0.5) is 0 Å². The lowest BCUT2D eigenvalue weighted by Crippen LogP contribution is -1.91. The second-order valence-corrected chi connectivity index (χ2v) is 5.64. The number of benzene rings is 4. The summed E-state index contributed by atoms with van der Waals surface area (Å²) in [7, 11) is 0. The second-order valence-electron chi connectivity index (χ2n) is 5.64. The molecule has 4 aromatic carbocycles. The lowest BCUT2D eigenvalue weighted by Gasteiger charge is -2.16. The maximum Gasteiger partial charge on any atom is 0.0280 e. The van der Waals surface area contributed by atoms with Crippen LogP contribution in [-0.2, 0) is 0 Å². The molecule has 4 aromatic rings. The van der Waals surface area contributed by atoms with Crippen LogP contribution in [0.5, 0.6) is 0 Å². The molecule has 0 radical (unpaired) electrons. The van der Waals surface area contributed by atoms with Gasteiger partial charge in [-0.15, -0.1) is 0 Å². The van der Waals surface area contributed by atoms with E-state index in [-0.39, 0.29) is 13.8 Å². The van der Waals surface area contributed by atoms with E-state index in [0.29, 0.717) is 0 Å². The van der Waals surface area contributed by atoms with E-state index in [9.17, 15) is 0 Å². The Morgan fingerprint density at radius 2 is 1.00 bits per heavy atom. The van der Waals surface area contributed by atoms with Crippen LogP contribution < -0.4 is 0 Å². The molecule has 0 spiro atoms. The van der Waals surface area contributed by atoms with E-state index < -0.39 is 0 Å². The van der Waals surface area contributed by atoms with E-state index in [2.05, 4.69) is 48.5 Å². The largest absolute Gasteiger partial charge is 0.0616 e. The summed E-state index contributed by atoms with van der Waals surface area (Å²) >= 11 is 0. The zero-order valence-electron chi connectivity index (χ0n) is 14.3. The van der Waals surface area contributed by atoms with E-state index in [4.69, 9.17) is 2.74 Å². The van der Waals surface area contributed by atoms with Gasteiger partial charge in [0.2, 0.25) is 0 Å². The summed E-state index contributed by atoms with van der Waals surface area (Å²) in [6.45, 7) is 0.474. The van der Waals surface area contributed by atoms with E-state index >= 15 is 0 Å². The van der Waals surface area contributed by atoms with Crippen LogP contribution in [0.1, 0.15) is 13.9 Å². The Bertz CT molecular complexity index is 949. The highest BCUT2D eigenvalue weighted by Crippen LogP contribution is 2.38. The van der Waals surface area contributed by atoms with Crippen LogP contribution in [0.15, 0.2) is 72.8 Å². The van der Waals surface area contributed by atoms with Gasteiger partial charge in [-0.1, -0.05) is 72.8 Å². The summed E-state index contributed by atoms with van der Waals surface area (Å²) in [5.74, 6) is 0. The first kappa shape index (κ1) is 11.0. The van der Waals surface area contributed by atoms with Gasteiger partial charge in [-0.3, -0.25) is 0 Å². The van der Waals surface area contributed by atoms with Crippen molar-refractivity contribution in [3.05, 3.63) is 83.9 Å². The van der Waals surface area contributed by atoms with Crippen LogP contribution in [0.25, 0.3) is 32.7 Å². The summed E-state index contributed by atoms with van der Waals surface area (Å²) in [5, 5.41) is 4.67. The summed E-state index contributed by atoms with van der Waals surface area (Å²) in [6, 6.07) is 24.9. The second kappa shape index (κ2) is 4.99. The summed E-state index contributed by atoms with van der Waals surface area (Å²) in [6.07, 6.45) is 0. The molecule has 0 aliphatic carbocycles. The van der Waals surface area contributed by atoms with Gasteiger partial charge in [-0.25, -0.2) is 0 Å². The van der Waals surface area contributed by atoms with Crippen LogP contribution in [0, 0.1) is 13.8 Å². The van der Waals surface area contributed by atoms with Gasteiger partial charge >= 0.3 is 0 Å². The third-order valence-electron chi connectivity index (χ3n) is 4.28. The van der Waals surface area contributed by atoms with Crippen molar-refractivity contribution in [1.29, 1.82) is 0 Å². The van der Waals surface area contributed by atoms with E-state index in [1.807, 2.05) is 24.3 Å². The molecule has 0 heteroatoms. The lowest BCUT2D eigenvalue weighted by molar-refractivity contribution is 1.45. The van der Waals surface area contributed by atoms with Gasteiger partial charge in [0.15, 0.2) is 0 Å². The molecular formula is C22H18. The highest BCUT2D eigenvalue weighted by atomic mass is 14.2. The predicted molar refractivity (Wildman–Crippen MR) is 96.4 cm³/mol. The SMILES string of the molecule is [1H]Cc1ccc2ccccc2c1-c1c(C[1H])ccc2ccccc12. The molecule has 0 aliphatic heterocycles. The smallest absolute Gasteiger partial charge is 0.0280 e. The maximum absolute atomic E-state index is 8.00. The molecule has 0 bridgehead atoms. The molecule has 0 saturated heterocycles. The topological polar surface area (TPSA) is 0 Å². The summed E-state index contributed by atoms with van der Waals surface area (Å²) < 4.78 is 16.0. The quantitative estimate of drug-likeness (QED) is 0.385. The molecule has 4 rings (SSSR count). The first-order valence-corrected chi connectivity index (χ1v) is 7.43. The molecule has 0 nitrogen and oxygen atoms in total. The highest BCUT2D eigenvalue weighted by Gasteiger charge is 2.12. The molecular weight excluding hydrogens is 264 g/mol. The molecule has 0 aliphatic rings. The van der Waals surface area contributed by atoms with Gasteiger partial charge in [-0.05, 0) is 57.6 Å². The fraction of sp³-hybridized carbons (Fsp3) is 0.0909. The maximum atomic E-state index is 8.00. The Hall–Kier alpha value is -2.60. The Labute approximate surface area is 133 Å². The van der Waals surface area contributed by atoms with Crippen molar-refractivity contribution < 1.29 is 2.74 Å². The standard InChI is InChI=1S/C22H18/c1-15-11-13-17-7-3-5-9-19(17)21(15)22-16(2)12-14-18-8-4-6-10-20(18)22/h3-14H,1-2H3/i1H,2H. The molecule has 0 unspecified atom stereocenters. The number of aryl methyl sites for hydroxylation is 2. The van der Waals surface area contributed by atoms with Crippen LogP contribution >= 0.6 is 0 Å². The zero-order chi connectivity index (χ0) is 16.5. The van der Waals surface area contributed by atoms with Gasteiger partial charge in [0.1, 0.15) is 0 Å². The molecule has 0 fully saturated rings. The average Bonchev–Trinajstić information content (AvgIpc) is 2.66. The van der Waals surface area contributed by atoms with Gasteiger partial charge in [0, 0.05) is 2.74 Å². The monoisotopic (exact) mass is 282 g/mol. The minimum atomic E-state index is 0.237. The molecule has 22 heavy (non-hydrogen) atoms. The molecule has 0 atom stereocenters. The average molecular weight is 282 g/mol. The van der Waals surface area contributed by atoms with Crippen molar-refractivity contribution in [2.75, 3.05) is 0 Å². The Morgan fingerprint density at radius 1 is 0.545 bits per heavy atom. The Kier molecular flexibility index (Phi) is 2.50. The minimum absolute atomic E-state index is 0.237. The third kappa shape index (κ3) is 1.92. The first-order chi connectivity index (χ1) is 11.8. The van der Waals surface area contributed by atoms with E-state index in [0.717, 1.165) is 33.0 Å². The molecule has 0 amide bonds. The van der Waals surface area contributed by atoms with E-state index in [1.165, 1.54) is 10.8 Å². The highest BCUT2D eigenvalue weighted by molar-refractivity contribution is 6.07. The van der Waals surface area contributed by atoms with Crippen LogP contribution in [-0.4, -0.2) is 0 Å². The Balaban J connectivity index is 2.21. The van der Waals surface area contributed by atoms with Gasteiger partial charge in [0.25, 0.3) is 0 Å². The molecule has 0 heterocycles. The zero-order valence-corrected chi connectivity index (χ0v) is 12.3. The summed E-state index contributed by atoms with van der Waals surface area (Å²) in [5.41, 5.74) is 4.25. The molecule has 106 valence electrons. The fourth-order valence-electron chi connectivity index (χ4n) is 3.22. The molecule has 0 saturated carbocycles. The van der Waals surface area contributed by atoms with Crippen molar-refractivity contribution in [3.8, 4) is 11.1 Å². The van der Waals surface area contributed by atoms with Gasteiger partial charge in [-0.2, -0.15) is 0 Å². The first-order valence-electron chi connectivity index (χ1n) is 8.85.